The number of methoxy groups -OCH3 is 1. The van der Waals surface area contributed by atoms with Crippen molar-refractivity contribution < 1.29 is 9.53 Å². The van der Waals surface area contributed by atoms with Gasteiger partial charge in [-0.2, -0.15) is 0 Å². The van der Waals surface area contributed by atoms with E-state index in [2.05, 4.69) is 28.1 Å². The van der Waals surface area contributed by atoms with Crippen LogP contribution < -0.4 is 4.74 Å². The second-order valence-electron chi connectivity index (χ2n) is 4.34. The number of rotatable bonds is 5. The van der Waals surface area contributed by atoms with Crippen molar-refractivity contribution in [2.75, 3.05) is 7.11 Å². The van der Waals surface area contributed by atoms with Crippen LogP contribution in [0.25, 0.3) is 0 Å². The summed E-state index contributed by atoms with van der Waals surface area (Å²) in [7, 11) is 1.66. The van der Waals surface area contributed by atoms with Crippen LogP contribution in [-0.2, 0) is 5.75 Å². The van der Waals surface area contributed by atoms with Crippen LogP contribution in [0.3, 0.4) is 0 Å². The summed E-state index contributed by atoms with van der Waals surface area (Å²) in [5.41, 5.74) is 1.97. The molecular formula is C16H15BrO2S. The van der Waals surface area contributed by atoms with Gasteiger partial charge >= 0.3 is 0 Å². The zero-order chi connectivity index (χ0) is 14.5. The summed E-state index contributed by atoms with van der Waals surface area (Å²) in [5, 5.41) is 0. The van der Waals surface area contributed by atoms with Crippen LogP contribution in [0, 0.1) is 0 Å². The molecule has 0 radical (unpaired) electrons. The minimum Gasteiger partial charge on any atom is -0.496 e. The van der Waals surface area contributed by atoms with E-state index in [1.165, 1.54) is 5.56 Å². The first-order valence-electron chi connectivity index (χ1n) is 6.16. The van der Waals surface area contributed by atoms with E-state index in [4.69, 9.17) is 4.74 Å². The van der Waals surface area contributed by atoms with Crippen molar-refractivity contribution >= 4 is 33.5 Å². The largest absolute Gasteiger partial charge is 0.496 e. The highest BCUT2D eigenvalue weighted by Crippen LogP contribution is 2.29. The Morgan fingerprint density at radius 3 is 2.45 bits per heavy atom. The molecule has 0 saturated heterocycles. The topological polar surface area (TPSA) is 26.3 Å². The van der Waals surface area contributed by atoms with Gasteiger partial charge in [-0.1, -0.05) is 18.2 Å². The first-order valence-corrected chi connectivity index (χ1v) is 7.94. The third-order valence-electron chi connectivity index (χ3n) is 2.88. The summed E-state index contributed by atoms with van der Waals surface area (Å²) in [6.45, 7) is 1.58. The molecule has 2 rings (SSSR count). The van der Waals surface area contributed by atoms with E-state index in [0.29, 0.717) is 0 Å². The molecule has 0 heterocycles. The molecule has 4 heteroatoms. The lowest BCUT2D eigenvalue weighted by Crippen LogP contribution is -1.90. The van der Waals surface area contributed by atoms with Gasteiger partial charge in [0, 0.05) is 16.2 Å². The van der Waals surface area contributed by atoms with Gasteiger partial charge in [0.2, 0.25) is 0 Å². The highest BCUT2D eigenvalue weighted by molar-refractivity contribution is 9.10. The number of ketones is 1. The van der Waals surface area contributed by atoms with E-state index >= 15 is 0 Å². The van der Waals surface area contributed by atoms with E-state index in [-0.39, 0.29) is 5.78 Å². The number of benzene rings is 2. The summed E-state index contributed by atoms with van der Waals surface area (Å²) in [4.78, 5) is 12.4. The molecule has 0 aromatic heterocycles. The molecule has 0 bridgehead atoms. The Kier molecular flexibility index (Phi) is 5.26. The average Bonchev–Trinajstić information content (AvgIpc) is 2.45. The molecule has 2 aromatic rings. The van der Waals surface area contributed by atoms with Crippen molar-refractivity contribution in [2.24, 2.45) is 0 Å². The zero-order valence-electron chi connectivity index (χ0n) is 11.4. The molecule has 0 saturated carbocycles. The Bertz CT molecular complexity index is 608. The molecule has 0 aliphatic rings. The molecule has 0 aliphatic carbocycles. The van der Waals surface area contributed by atoms with Gasteiger partial charge in [-0.05, 0) is 52.7 Å². The van der Waals surface area contributed by atoms with Crippen LogP contribution in [0.15, 0.2) is 51.8 Å². The minimum atomic E-state index is 0.0978. The Morgan fingerprint density at radius 2 is 1.90 bits per heavy atom. The Hall–Kier alpha value is -1.26. The molecule has 2 aromatic carbocycles. The summed E-state index contributed by atoms with van der Waals surface area (Å²) in [6.07, 6.45) is 0. The molecule has 104 valence electrons. The zero-order valence-corrected chi connectivity index (χ0v) is 13.8. The third kappa shape index (κ3) is 3.87. The van der Waals surface area contributed by atoms with E-state index in [0.717, 1.165) is 26.4 Å². The summed E-state index contributed by atoms with van der Waals surface area (Å²) < 4.78 is 6.18. The second-order valence-corrected chi connectivity index (χ2v) is 6.24. The molecule has 0 amide bonds. The fraction of sp³-hybridized carbons (Fsp3) is 0.188. The normalized spacial score (nSPS) is 10.3. The van der Waals surface area contributed by atoms with Gasteiger partial charge in [0.25, 0.3) is 0 Å². The van der Waals surface area contributed by atoms with Crippen LogP contribution >= 0.6 is 27.7 Å². The van der Waals surface area contributed by atoms with Crippen molar-refractivity contribution in [2.45, 2.75) is 17.6 Å². The van der Waals surface area contributed by atoms with Crippen LogP contribution in [-0.4, -0.2) is 12.9 Å². The van der Waals surface area contributed by atoms with Gasteiger partial charge in [-0.25, -0.2) is 0 Å². The predicted octanol–water partition coefficient (Wildman–Crippen LogP) is 4.95. The van der Waals surface area contributed by atoms with Crippen LogP contribution in [0.5, 0.6) is 5.75 Å². The average molecular weight is 351 g/mol. The monoisotopic (exact) mass is 350 g/mol. The fourth-order valence-corrected chi connectivity index (χ4v) is 3.18. The van der Waals surface area contributed by atoms with Gasteiger partial charge in [0.1, 0.15) is 5.75 Å². The molecule has 0 unspecified atom stereocenters. The highest BCUT2D eigenvalue weighted by Gasteiger charge is 2.03. The van der Waals surface area contributed by atoms with E-state index in [9.17, 15) is 4.79 Å². The lowest BCUT2D eigenvalue weighted by Gasteiger charge is -2.06. The molecule has 2 nitrogen and oxygen atoms in total. The first kappa shape index (κ1) is 15.1. The Morgan fingerprint density at radius 1 is 1.20 bits per heavy atom. The smallest absolute Gasteiger partial charge is 0.159 e. The molecular weight excluding hydrogens is 336 g/mol. The third-order valence-corrected chi connectivity index (χ3v) is 4.59. The maximum atomic E-state index is 11.2. The number of ether oxygens (including phenoxy) is 1. The maximum Gasteiger partial charge on any atom is 0.159 e. The number of carbonyl (C=O) groups excluding carboxylic acids is 1. The maximum absolute atomic E-state index is 11.2. The molecule has 0 N–H and O–H groups in total. The van der Waals surface area contributed by atoms with Crippen molar-refractivity contribution in [3.8, 4) is 5.75 Å². The summed E-state index contributed by atoms with van der Waals surface area (Å²) in [5.74, 6) is 1.81. The van der Waals surface area contributed by atoms with E-state index < -0.39 is 0 Å². The predicted molar refractivity (Wildman–Crippen MR) is 86.7 cm³/mol. The van der Waals surface area contributed by atoms with Gasteiger partial charge in [-0.3, -0.25) is 4.79 Å². The van der Waals surface area contributed by atoms with Crippen LogP contribution in [0.2, 0.25) is 0 Å². The summed E-state index contributed by atoms with van der Waals surface area (Å²) >= 11 is 5.23. The Labute approximate surface area is 131 Å². The molecule has 0 fully saturated rings. The molecule has 0 spiro atoms. The first-order chi connectivity index (χ1) is 9.60. The van der Waals surface area contributed by atoms with E-state index in [1.807, 2.05) is 30.3 Å². The van der Waals surface area contributed by atoms with Crippen molar-refractivity contribution in [3.63, 3.8) is 0 Å². The van der Waals surface area contributed by atoms with Gasteiger partial charge in [0.15, 0.2) is 5.78 Å². The van der Waals surface area contributed by atoms with Crippen LogP contribution in [0.4, 0.5) is 0 Å². The molecule has 20 heavy (non-hydrogen) atoms. The number of Topliss-reactive ketones (excluding diaryl/α,β-unsaturated/α-hetero) is 1. The van der Waals surface area contributed by atoms with Crippen molar-refractivity contribution in [3.05, 3.63) is 58.1 Å². The lowest BCUT2D eigenvalue weighted by atomic mass is 10.2. The van der Waals surface area contributed by atoms with Gasteiger partial charge < -0.3 is 4.74 Å². The number of hydrogen-bond acceptors (Lipinski definition) is 3. The molecule has 0 aliphatic heterocycles. The van der Waals surface area contributed by atoms with Crippen LogP contribution in [0.1, 0.15) is 22.8 Å². The van der Waals surface area contributed by atoms with E-state index in [1.54, 1.807) is 25.8 Å². The van der Waals surface area contributed by atoms with Crippen molar-refractivity contribution in [1.82, 2.24) is 0 Å². The summed E-state index contributed by atoms with van der Waals surface area (Å²) in [6, 6.07) is 13.8. The SMILES string of the molecule is COc1ccc(CSc2ccc(C(C)=O)cc2)cc1Br. The number of hydrogen-bond donors (Lipinski definition) is 0. The standard InChI is InChI=1S/C16H15BrO2S/c1-11(18)13-4-6-14(7-5-13)20-10-12-3-8-16(19-2)15(17)9-12/h3-9H,10H2,1-2H3. The van der Waals surface area contributed by atoms with Gasteiger partial charge in [0.05, 0.1) is 11.6 Å². The lowest BCUT2D eigenvalue weighted by molar-refractivity contribution is 0.101. The van der Waals surface area contributed by atoms with Crippen molar-refractivity contribution in [1.29, 1.82) is 0 Å². The fourth-order valence-electron chi connectivity index (χ4n) is 1.75. The minimum absolute atomic E-state index is 0.0978. The highest BCUT2D eigenvalue weighted by atomic mass is 79.9. The number of thioether (sulfide) groups is 1. The molecule has 0 atom stereocenters. The van der Waals surface area contributed by atoms with Gasteiger partial charge in [-0.15, -0.1) is 11.8 Å². The number of halogens is 1. The quantitative estimate of drug-likeness (QED) is 0.563. The number of carbonyl (C=O) groups is 1. The Balaban J connectivity index is 2.01. The second kappa shape index (κ2) is 6.95.